The molecule has 0 fully saturated rings. The van der Waals surface area contributed by atoms with Crippen molar-refractivity contribution >= 4 is 21.4 Å². The predicted octanol–water partition coefficient (Wildman–Crippen LogP) is 0.623. The maximum Gasteiger partial charge on any atom is 0.387 e. The van der Waals surface area contributed by atoms with E-state index in [0.29, 0.717) is 16.7 Å². The monoisotopic (exact) mass is 413 g/mol. The minimum absolute atomic E-state index is 0.293. The molecule has 13 heteroatoms. The Hall–Kier alpha value is -2.21. The molecule has 0 unspecified atom stereocenters. The Labute approximate surface area is 148 Å². The van der Waals surface area contributed by atoms with Crippen LogP contribution in [0.4, 0.5) is 13.2 Å². The second-order valence-corrected chi connectivity index (χ2v) is 8.12. The lowest BCUT2D eigenvalue weighted by atomic mass is 10.3. The maximum absolute atomic E-state index is 14.2. The third-order valence-electron chi connectivity index (χ3n) is 3.80. The van der Waals surface area contributed by atoms with Crippen molar-refractivity contribution in [2.75, 3.05) is 11.5 Å². The summed E-state index contributed by atoms with van der Waals surface area (Å²) in [6, 6.07) is 1.35. The lowest BCUT2D eigenvalue weighted by Gasteiger charge is -2.09. The van der Waals surface area contributed by atoms with Crippen molar-refractivity contribution in [2.24, 2.45) is 0 Å². The number of aromatic nitrogens is 3. The van der Waals surface area contributed by atoms with Gasteiger partial charge in [0, 0.05) is 6.07 Å². The van der Waals surface area contributed by atoms with E-state index in [1.165, 1.54) is 0 Å². The van der Waals surface area contributed by atoms with Gasteiger partial charge in [0.1, 0.15) is 11.6 Å². The van der Waals surface area contributed by atoms with E-state index in [4.69, 9.17) is 11.6 Å². The predicted molar refractivity (Wildman–Crippen MR) is 84.5 cm³/mol. The second kappa shape index (κ2) is 6.50. The molecule has 1 aliphatic rings. The molecule has 0 aliphatic carbocycles. The molecule has 0 N–H and O–H groups in total. The summed E-state index contributed by atoms with van der Waals surface area (Å²) in [6.07, 6.45) is 0. The first-order valence-electron chi connectivity index (χ1n) is 7.18. The van der Waals surface area contributed by atoms with Crippen LogP contribution < -0.4 is 16.1 Å². The summed E-state index contributed by atoms with van der Waals surface area (Å²) in [7, 11) is -3.43. The fourth-order valence-electron chi connectivity index (χ4n) is 2.59. The number of hydrogen-bond donors (Lipinski definition) is 0. The van der Waals surface area contributed by atoms with E-state index in [1.54, 1.807) is 0 Å². The zero-order chi connectivity index (χ0) is 19.2. The van der Waals surface area contributed by atoms with E-state index >= 15 is 0 Å². The molecule has 0 saturated heterocycles. The first-order valence-corrected chi connectivity index (χ1v) is 9.38. The second-order valence-electron chi connectivity index (χ2n) is 5.41. The minimum atomic E-state index is -3.43. The number of nitrogens with zero attached hydrogens (tertiary/aromatic N) is 3. The number of rotatable bonds is 3. The third-order valence-corrected chi connectivity index (χ3v) is 5.71. The van der Waals surface area contributed by atoms with Crippen molar-refractivity contribution in [3.05, 3.63) is 43.9 Å². The Balaban J connectivity index is 2.18. The summed E-state index contributed by atoms with van der Waals surface area (Å²) in [5.74, 6) is -2.44. The van der Waals surface area contributed by atoms with Gasteiger partial charge in [0.15, 0.2) is 9.84 Å². The van der Waals surface area contributed by atoms with Crippen molar-refractivity contribution < 1.29 is 26.3 Å². The molecule has 8 nitrogen and oxygen atoms in total. The van der Waals surface area contributed by atoms with Crippen LogP contribution in [0.25, 0.3) is 5.69 Å². The maximum atomic E-state index is 14.2. The topological polar surface area (TPSA) is 92.3 Å². The van der Waals surface area contributed by atoms with Crippen molar-refractivity contribution in [3.8, 4) is 11.4 Å². The molecule has 0 bridgehead atoms. The molecule has 142 valence electrons. The van der Waals surface area contributed by atoms with Crippen molar-refractivity contribution in [1.29, 1.82) is 0 Å². The lowest BCUT2D eigenvalue weighted by Crippen LogP contribution is -2.30. The van der Waals surface area contributed by atoms with Crippen LogP contribution in [0.15, 0.2) is 21.7 Å². The van der Waals surface area contributed by atoms with Gasteiger partial charge in [0.25, 0.3) is 0 Å². The molecule has 0 amide bonds. The molecule has 2 aromatic rings. The summed E-state index contributed by atoms with van der Waals surface area (Å²) in [4.78, 5) is 25.0. The highest BCUT2D eigenvalue weighted by Crippen LogP contribution is 2.30. The molecule has 3 rings (SSSR count). The van der Waals surface area contributed by atoms with E-state index in [1.807, 2.05) is 0 Å². The summed E-state index contributed by atoms with van der Waals surface area (Å²) in [5.41, 5.74) is -2.64. The van der Waals surface area contributed by atoms with Gasteiger partial charge in [-0.3, -0.25) is 0 Å². The van der Waals surface area contributed by atoms with Crippen LogP contribution >= 0.6 is 11.6 Å². The number of alkyl halides is 2. The van der Waals surface area contributed by atoms with Gasteiger partial charge >= 0.3 is 18.0 Å². The van der Waals surface area contributed by atoms with E-state index < -0.39 is 50.1 Å². The van der Waals surface area contributed by atoms with E-state index in [9.17, 15) is 31.2 Å². The number of hydrogen-bond acceptors (Lipinski definition) is 5. The van der Waals surface area contributed by atoms with Gasteiger partial charge in [-0.15, -0.1) is 0 Å². The molecule has 0 radical (unpaired) electrons. The smallest absolute Gasteiger partial charge is 0.387 e. The molecular formula is C13H11ClF3N3O5S. The molecule has 0 spiro atoms. The van der Waals surface area contributed by atoms with Crippen molar-refractivity contribution in [2.45, 2.75) is 19.7 Å². The molecule has 26 heavy (non-hydrogen) atoms. The summed E-state index contributed by atoms with van der Waals surface area (Å²) in [6.45, 7) is -3.84. The van der Waals surface area contributed by atoms with Gasteiger partial charge in [0.2, 0.25) is 0 Å². The number of ether oxygens (including phenoxy) is 1. The van der Waals surface area contributed by atoms with Crippen LogP contribution in [0.3, 0.4) is 0 Å². The van der Waals surface area contributed by atoms with Crippen LogP contribution in [0.2, 0.25) is 5.02 Å². The molecule has 0 atom stereocenters. The fourth-order valence-corrected chi connectivity index (χ4v) is 3.89. The van der Waals surface area contributed by atoms with Gasteiger partial charge < -0.3 is 4.74 Å². The van der Waals surface area contributed by atoms with Gasteiger partial charge in [-0.05, 0) is 6.07 Å². The first kappa shape index (κ1) is 18.6. The van der Waals surface area contributed by atoms with Crippen LogP contribution in [0.5, 0.6) is 5.75 Å². The quantitative estimate of drug-likeness (QED) is 0.735. The van der Waals surface area contributed by atoms with Crippen molar-refractivity contribution in [1.82, 2.24) is 13.9 Å². The lowest BCUT2D eigenvalue weighted by molar-refractivity contribution is -0.0498. The normalized spacial score (nSPS) is 16.3. The molecule has 1 aromatic carbocycles. The molecular weight excluding hydrogens is 403 g/mol. The Morgan fingerprint density at radius 2 is 1.62 bits per heavy atom. The number of sulfone groups is 1. The third kappa shape index (κ3) is 3.26. The number of fused-ring (bicyclic) bond motifs is 1. The Kier molecular flexibility index (Phi) is 4.65. The van der Waals surface area contributed by atoms with Gasteiger partial charge in [-0.1, -0.05) is 11.6 Å². The highest BCUT2D eigenvalue weighted by atomic mass is 35.5. The van der Waals surface area contributed by atoms with Gasteiger partial charge in [-0.25, -0.2) is 36.3 Å². The average Bonchev–Trinajstić information content (AvgIpc) is 2.65. The van der Waals surface area contributed by atoms with Crippen LogP contribution in [-0.4, -0.2) is 40.5 Å². The zero-order valence-electron chi connectivity index (χ0n) is 12.9. The zero-order valence-corrected chi connectivity index (χ0v) is 14.4. The average molecular weight is 414 g/mol. The first-order chi connectivity index (χ1) is 12.1. The summed E-state index contributed by atoms with van der Waals surface area (Å²) in [5, 5.41) is -0.466. The van der Waals surface area contributed by atoms with Crippen LogP contribution in [0, 0.1) is 5.82 Å². The van der Waals surface area contributed by atoms with E-state index in [-0.39, 0.29) is 24.6 Å². The largest absolute Gasteiger partial charge is 0.433 e. The van der Waals surface area contributed by atoms with Gasteiger partial charge in [-0.2, -0.15) is 8.78 Å². The Morgan fingerprint density at radius 3 is 2.12 bits per heavy atom. The van der Waals surface area contributed by atoms with Crippen LogP contribution in [-0.2, 0) is 22.9 Å². The van der Waals surface area contributed by atoms with Crippen LogP contribution in [0.1, 0.15) is 0 Å². The number of halogens is 4. The standard InChI is InChI=1S/C13H11ClF3N3O5S/c14-7-5-8(15)9(6-10(7)25-11(16)17)20-12(21)18-1-3-26(23,24)4-2-19(18)13(20)22/h5-6,11H,1-4H2. The highest BCUT2D eigenvalue weighted by molar-refractivity contribution is 7.91. The SMILES string of the molecule is O=c1n(-c2cc(OC(F)F)c(Cl)cc2F)c(=O)n2n1CCS(=O)(=O)CC2. The summed E-state index contributed by atoms with van der Waals surface area (Å²) >= 11 is 5.63. The van der Waals surface area contributed by atoms with E-state index in [0.717, 1.165) is 9.36 Å². The summed E-state index contributed by atoms with van der Waals surface area (Å²) < 4.78 is 68.7. The van der Waals surface area contributed by atoms with Crippen molar-refractivity contribution in [3.63, 3.8) is 0 Å². The Bertz CT molecular complexity index is 1040. The van der Waals surface area contributed by atoms with Gasteiger partial charge in [0.05, 0.1) is 35.3 Å². The molecule has 2 heterocycles. The molecule has 0 saturated carbocycles. The Morgan fingerprint density at radius 1 is 1.08 bits per heavy atom. The number of benzene rings is 1. The fraction of sp³-hybridized carbons (Fsp3) is 0.385. The minimum Gasteiger partial charge on any atom is -0.433 e. The molecule has 1 aromatic heterocycles. The highest BCUT2D eigenvalue weighted by Gasteiger charge is 2.26. The molecule has 1 aliphatic heterocycles. The van der Waals surface area contributed by atoms with E-state index in [2.05, 4.69) is 4.74 Å².